The van der Waals surface area contributed by atoms with Crippen molar-refractivity contribution in [3.05, 3.63) is 53.1 Å². The molecule has 1 aliphatic carbocycles. The number of hydrazone groups is 1. The molecule has 1 aromatic carbocycles. The first-order chi connectivity index (χ1) is 12.8. The van der Waals surface area contributed by atoms with Crippen LogP contribution in [-0.2, 0) is 9.59 Å². The number of nitrogens with zero attached hydrogens (tertiary/aromatic N) is 1. The minimum absolute atomic E-state index is 0.0974. The number of allylic oxidation sites excluding steroid dienone is 3. The summed E-state index contributed by atoms with van der Waals surface area (Å²) in [5, 5.41) is 7.12. The molecule has 0 fully saturated rings. The van der Waals surface area contributed by atoms with Crippen molar-refractivity contribution in [2.75, 3.05) is 5.32 Å². The predicted octanol–water partition coefficient (Wildman–Crippen LogP) is 4.43. The first-order valence-corrected chi connectivity index (χ1v) is 9.31. The van der Waals surface area contributed by atoms with Gasteiger partial charge in [0.2, 0.25) is 11.8 Å². The Morgan fingerprint density at radius 3 is 2.59 bits per heavy atom. The zero-order chi connectivity index (χ0) is 20.0. The summed E-state index contributed by atoms with van der Waals surface area (Å²) in [6.45, 7) is 11.9. The summed E-state index contributed by atoms with van der Waals surface area (Å²) in [6, 6.07) is 5.89. The Labute approximate surface area is 161 Å². The summed E-state index contributed by atoms with van der Waals surface area (Å²) in [5.74, 6) is -0.0702. The molecule has 0 aromatic heterocycles. The number of hydrogen-bond donors (Lipinski definition) is 2. The smallest absolute Gasteiger partial charge is 0.240 e. The minimum atomic E-state index is -0.260. The van der Waals surface area contributed by atoms with Crippen LogP contribution >= 0.6 is 0 Å². The molecule has 1 atom stereocenters. The van der Waals surface area contributed by atoms with E-state index in [1.54, 1.807) is 0 Å². The zero-order valence-corrected chi connectivity index (χ0v) is 16.7. The third-order valence-corrected chi connectivity index (χ3v) is 4.86. The molecule has 0 aliphatic heterocycles. The van der Waals surface area contributed by atoms with E-state index in [9.17, 15) is 9.59 Å². The number of benzene rings is 1. The average Bonchev–Trinajstić information content (AvgIpc) is 2.62. The summed E-state index contributed by atoms with van der Waals surface area (Å²) >= 11 is 0. The van der Waals surface area contributed by atoms with Crippen molar-refractivity contribution >= 4 is 23.2 Å². The van der Waals surface area contributed by atoms with Gasteiger partial charge in [0, 0.05) is 18.5 Å². The van der Waals surface area contributed by atoms with E-state index < -0.39 is 0 Å². The molecule has 144 valence electrons. The van der Waals surface area contributed by atoms with Gasteiger partial charge in [-0.05, 0) is 69.2 Å². The highest BCUT2D eigenvalue weighted by Crippen LogP contribution is 2.26. The van der Waals surface area contributed by atoms with Gasteiger partial charge in [0.05, 0.1) is 5.71 Å². The molecule has 1 aliphatic rings. The Balaban J connectivity index is 1.84. The molecule has 27 heavy (non-hydrogen) atoms. The molecule has 2 rings (SSSR count). The van der Waals surface area contributed by atoms with Crippen molar-refractivity contribution in [3.63, 3.8) is 0 Å². The summed E-state index contributed by atoms with van der Waals surface area (Å²) < 4.78 is 0. The lowest BCUT2D eigenvalue weighted by Crippen LogP contribution is -2.24. The number of hydrogen-bond acceptors (Lipinski definition) is 3. The lowest BCUT2D eigenvalue weighted by Gasteiger charge is -2.22. The largest absolute Gasteiger partial charge is 0.326 e. The van der Waals surface area contributed by atoms with E-state index in [4.69, 9.17) is 0 Å². The Morgan fingerprint density at radius 1 is 1.19 bits per heavy atom. The Bertz CT molecular complexity index is 806. The van der Waals surface area contributed by atoms with Gasteiger partial charge in [-0.1, -0.05) is 30.4 Å². The molecule has 1 unspecified atom stereocenters. The van der Waals surface area contributed by atoms with Gasteiger partial charge in [0.25, 0.3) is 0 Å². The van der Waals surface area contributed by atoms with Crippen molar-refractivity contribution in [3.8, 4) is 0 Å². The van der Waals surface area contributed by atoms with Gasteiger partial charge >= 0.3 is 0 Å². The molecule has 2 amide bonds. The van der Waals surface area contributed by atoms with E-state index in [1.165, 1.54) is 0 Å². The lowest BCUT2D eigenvalue weighted by atomic mass is 9.85. The molecular formula is C22H29N3O2. The third kappa shape index (κ3) is 6.20. The second kappa shape index (κ2) is 9.31. The van der Waals surface area contributed by atoms with Crippen LogP contribution in [0.3, 0.4) is 0 Å². The maximum absolute atomic E-state index is 12.1. The number of anilines is 1. The Morgan fingerprint density at radius 2 is 1.89 bits per heavy atom. The first-order valence-electron chi connectivity index (χ1n) is 9.31. The molecule has 5 nitrogen and oxygen atoms in total. The quantitative estimate of drug-likeness (QED) is 0.577. The van der Waals surface area contributed by atoms with E-state index in [0.29, 0.717) is 5.92 Å². The molecule has 5 heteroatoms. The minimum Gasteiger partial charge on any atom is -0.326 e. The average molecular weight is 367 g/mol. The van der Waals surface area contributed by atoms with Crippen LogP contribution in [0.25, 0.3) is 0 Å². The van der Waals surface area contributed by atoms with Gasteiger partial charge in [-0.2, -0.15) is 5.10 Å². The summed E-state index contributed by atoms with van der Waals surface area (Å²) in [7, 11) is 0. The Hall–Kier alpha value is -2.69. The normalized spacial score (nSPS) is 18.0. The molecule has 1 aromatic rings. The van der Waals surface area contributed by atoms with Crippen molar-refractivity contribution in [2.24, 2.45) is 11.0 Å². The number of aryl methyl sites for hydroxylation is 2. The number of nitrogens with one attached hydrogen (secondary N) is 2. The van der Waals surface area contributed by atoms with Crippen molar-refractivity contribution < 1.29 is 9.59 Å². The highest BCUT2D eigenvalue weighted by Gasteiger charge is 2.19. The highest BCUT2D eigenvalue weighted by atomic mass is 16.2. The summed E-state index contributed by atoms with van der Waals surface area (Å²) in [6.07, 6.45) is 4.09. The topological polar surface area (TPSA) is 70.6 Å². The Kier molecular flexibility index (Phi) is 7.11. The molecule has 2 N–H and O–H groups in total. The maximum atomic E-state index is 12.1. The molecule has 0 saturated heterocycles. The van der Waals surface area contributed by atoms with Crippen LogP contribution in [-0.4, -0.2) is 17.5 Å². The molecular weight excluding hydrogens is 338 g/mol. The van der Waals surface area contributed by atoms with E-state index in [1.807, 2.05) is 45.9 Å². The van der Waals surface area contributed by atoms with Gasteiger partial charge in [0.1, 0.15) is 0 Å². The number of rotatable bonds is 6. The van der Waals surface area contributed by atoms with E-state index in [-0.39, 0.29) is 24.7 Å². The zero-order valence-electron chi connectivity index (χ0n) is 16.7. The van der Waals surface area contributed by atoms with Crippen LogP contribution in [0, 0.1) is 19.8 Å². The molecule has 0 heterocycles. The van der Waals surface area contributed by atoms with Gasteiger partial charge in [-0.15, -0.1) is 0 Å². The van der Waals surface area contributed by atoms with Gasteiger partial charge < -0.3 is 5.32 Å². The fraction of sp³-hybridized carbons (Fsp3) is 0.409. The van der Waals surface area contributed by atoms with Crippen LogP contribution < -0.4 is 10.7 Å². The molecule has 0 bridgehead atoms. The number of amides is 2. The van der Waals surface area contributed by atoms with Gasteiger partial charge in [0.15, 0.2) is 0 Å². The number of carbonyl (C=O) groups is 2. The lowest BCUT2D eigenvalue weighted by molar-refractivity contribution is -0.124. The second-order valence-corrected chi connectivity index (χ2v) is 7.33. The molecule has 0 spiro atoms. The predicted molar refractivity (Wildman–Crippen MR) is 111 cm³/mol. The van der Waals surface area contributed by atoms with Crippen LogP contribution in [0.1, 0.15) is 50.7 Å². The SMILES string of the molecule is C=C(C)C1CC=C(C)C(=NNC(=O)CCC(=O)Nc2cc(C)ccc2C)C1. The number of carbonyl (C=O) groups excluding carboxylic acids is 2. The standard InChI is InChI=1S/C22H29N3O2/c1-14(2)18-9-8-17(5)20(13-18)24-25-22(27)11-10-21(26)23-19-12-15(3)6-7-16(19)4/h6-8,12,18H,1,9-11,13H2,2-5H3,(H,23,26)(H,25,27). The van der Waals surface area contributed by atoms with Crippen LogP contribution in [0.2, 0.25) is 0 Å². The van der Waals surface area contributed by atoms with Crippen LogP contribution in [0.4, 0.5) is 5.69 Å². The summed E-state index contributed by atoms with van der Waals surface area (Å²) in [5.41, 5.74) is 8.53. The van der Waals surface area contributed by atoms with Crippen molar-refractivity contribution in [1.82, 2.24) is 5.43 Å². The monoisotopic (exact) mass is 367 g/mol. The second-order valence-electron chi connectivity index (χ2n) is 7.33. The van der Waals surface area contributed by atoms with E-state index in [2.05, 4.69) is 28.5 Å². The summed E-state index contributed by atoms with van der Waals surface area (Å²) in [4.78, 5) is 24.2. The van der Waals surface area contributed by atoms with E-state index >= 15 is 0 Å². The van der Waals surface area contributed by atoms with Gasteiger partial charge in [-0.3, -0.25) is 9.59 Å². The molecule has 0 radical (unpaired) electrons. The van der Waals surface area contributed by atoms with E-state index in [0.717, 1.165) is 46.5 Å². The third-order valence-electron chi connectivity index (χ3n) is 4.86. The van der Waals surface area contributed by atoms with Crippen molar-refractivity contribution in [1.29, 1.82) is 0 Å². The highest BCUT2D eigenvalue weighted by molar-refractivity contribution is 6.01. The van der Waals surface area contributed by atoms with Crippen LogP contribution in [0.15, 0.2) is 47.1 Å². The fourth-order valence-electron chi connectivity index (χ4n) is 2.92. The first kappa shape index (κ1) is 20.6. The van der Waals surface area contributed by atoms with Crippen LogP contribution in [0.5, 0.6) is 0 Å². The van der Waals surface area contributed by atoms with Gasteiger partial charge in [-0.25, -0.2) is 5.43 Å². The maximum Gasteiger partial charge on any atom is 0.240 e. The molecule has 0 saturated carbocycles. The van der Waals surface area contributed by atoms with Crippen molar-refractivity contribution in [2.45, 2.75) is 53.4 Å². The fourth-order valence-corrected chi connectivity index (χ4v) is 2.92.